The molecule has 0 saturated heterocycles. The Kier molecular flexibility index (Phi) is 3.48. The Hall–Kier alpha value is -3.24. The van der Waals surface area contributed by atoms with Crippen LogP contribution in [-0.4, -0.2) is 39.0 Å². The molecule has 3 heterocycles. The lowest BCUT2D eigenvalue weighted by Gasteiger charge is -2.13. The Morgan fingerprint density at radius 1 is 0.960 bits per heavy atom. The summed E-state index contributed by atoms with van der Waals surface area (Å²) in [7, 11) is -3.99. The first-order valence-corrected chi connectivity index (χ1v) is 8.70. The summed E-state index contributed by atoms with van der Waals surface area (Å²) < 4.78 is 24.1. The molecule has 0 aliphatic carbocycles. The number of hydrogen-bond donors (Lipinski definition) is 2. The van der Waals surface area contributed by atoms with E-state index in [2.05, 4.69) is 30.6 Å². The van der Waals surface area contributed by atoms with Crippen molar-refractivity contribution in [2.75, 3.05) is 0 Å². The minimum Gasteiger partial charge on any atom is -0.239 e. The normalized spacial score (nSPS) is 11.7. The summed E-state index contributed by atoms with van der Waals surface area (Å²) in [6.45, 7) is 0. The van der Waals surface area contributed by atoms with E-state index in [1.165, 1.54) is 6.07 Å². The monoisotopic (exact) mass is 353 g/mol. The molecule has 9 nitrogen and oxygen atoms in total. The molecule has 0 bridgehead atoms. The smallest absolute Gasteiger partial charge is 0.238 e. The van der Waals surface area contributed by atoms with Crippen LogP contribution in [0.1, 0.15) is 0 Å². The first kappa shape index (κ1) is 15.3. The van der Waals surface area contributed by atoms with E-state index in [-0.39, 0.29) is 10.7 Å². The second-order valence-corrected chi connectivity index (χ2v) is 6.74. The van der Waals surface area contributed by atoms with Crippen molar-refractivity contribution in [3.8, 4) is 22.5 Å². The molecule has 0 unspecified atom stereocenters. The molecular formula is C15H11N7O2S. The Bertz CT molecular complexity index is 1170. The van der Waals surface area contributed by atoms with Crippen molar-refractivity contribution < 1.29 is 8.42 Å². The maximum atomic E-state index is 12.1. The highest BCUT2D eigenvalue weighted by Gasteiger charge is 2.22. The maximum Gasteiger partial charge on any atom is 0.238 e. The van der Waals surface area contributed by atoms with Crippen LogP contribution in [0.25, 0.3) is 33.5 Å². The lowest BCUT2D eigenvalue weighted by atomic mass is 9.97. The van der Waals surface area contributed by atoms with Gasteiger partial charge < -0.3 is 0 Å². The quantitative estimate of drug-likeness (QED) is 0.562. The molecule has 0 saturated carbocycles. The molecule has 4 rings (SSSR count). The van der Waals surface area contributed by atoms with E-state index >= 15 is 0 Å². The van der Waals surface area contributed by atoms with E-state index in [9.17, 15) is 8.42 Å². The molecule has 124 valence electrons. The first-order chi connectivity index (χ1) is 12.1. The molecular weight excluding hydrogens is 342 g/mol. The molecule has 0 aliphatic heterocycles. The molecule has 25 heavy (non-hydrogen) atoms. The van der Waals surface area contributed by atoms with Gasteiger partial charge >= 0.3 is 0 Å². The highest BCUT2D eigenvalue weighted by atomic mass is 32.2. The third kappa shape index (κ3) is 2.62. The summed E-state index contributed by atoms with van der Waals surface area (Å²) in [4.78, 5) is 8.39. The number of tetrazole rings is 1. The van der Waals surface area contributed by atoms with E-state index in [0.29, 0.717) is 16.8 Å². The number of benzene rings is 1. The van der Waals surface area contributed by atoms with Gasteiger partial charge in [0.2, 0.25) is 10.0 Å². The van der Waals surface area contributed by atoms with Crippen molar-refractivity contribution in [2.45, 2.75) is 4.90 Å². The summed E-state index contributed by atoms with van der Waals surface area (Å²) in [5, 5.41) is 19.7. The third-order valence-electron chi connectivity index (χ3n) is 3.72. The van der Waals surface area contributed by atoms with Gasteiger partial charge in [0.05, 0.1) is 4.90 Å². The van der Waals surface area contributed by atoms with Crippen LogP contribution in [0.5, 0.6) is 0 Å². The zero-order valence-corrected chi connectivity index (χ0v) is 13.5. The maximum absolute atomic E-state index is 12.1. The summed E-state index contributed by atoms with van der Waals surface area (Å²) in [6, 6.07) is 10.2. The van der Waals surface area contributed by atoms with Gasteiger partial charge in [-0.2, -0.15) is 0 Å². The van der Waals surface area contributed by atoms with Crippen LogP contribution in [0.4, 0.5) is 0 Å². The summed E-state index contributed by atoms with van der Waals surface area (Å²) in [6.07, 6.45) is 3.25. The van der Waals surface area contributed by atoms with Crippen LogP contribution in [-0.2, 0) is 10.0 Å². The van der Waals surface area contributed by atoms with Crippen LogP contribution in [0.2, 0.25) is 0 Å². The third-order valence-corrected chi connectivity index (χ3v) is 4.67. The van der Waals surface area contributed by atoms with Gasteiger partial charge in [-0.3, -0.25) is 0 Å². The standard InChI is InChI=1S/C15H11N7O2S/c16-25(23,24)12-5-1-3-10(13(12)15-19-21-22-20-15)9-6-8-18-14-11(9)4-2-7-17-14/h1-8H,(H2,16,23,24)(H,19,20,21,22). The zero-order valence-electron chi connectivity index (χ0n) is 12.7. The number of sulfonamides is 1. The van der Waals surface area contributed by atoms with Crippen molar-refractivity contribution in [1.29, 1.82) is 0 Å². The van der Waals surface area contributed by atoms with Crippen molar-refractivity contribution >= 4 is 21.1 Å². The SMILES string of the molecule is NS(=O)(=O)c1cccc(-c2ccnc3ncccc23)c1-c1nnn[nH]1. The van der Waals surface area contributed by atoms with Gasteiger partial charge in [0.25, 0.3) is 0 Å². The number of aromatic nitrogens is 6. The van der Waals surface area contributed by atoms with Crippen LogP contribution in [0.3, 0.4) is 0 Å². The summed E-state index contributed by atoms with van der Waals surface area (Å²) in [5.74, 6) is 0.202. The highest BCUT2D eigenvalue weighted by Crippen LogP contribution is 2.37. The number of nitrogens with zero attached hydrogens (tertiary/aromatic N) is 5. The van der Waals surface area contributed by atoms with Gasteiger partial charge in [0.15, 0.2) is 11.5 Å². The van der Waals surface area contributed by atoms with Crippen LogP contribution in [0.15, 0.2) is 53.7 Å². The lowest BCUT2D eigenvalue weighted by Crippen LogP contribution is -2.14. The molecule has 0 amide bonds. The number of hydrogen-bond acceptors (Lipinski definition) is 7. The topological polar surface area (TPSA) is 140 Å². The minimum absolute atomic E-state index is 0.0718. The Morgan fingerprint density at radius 2 is 1.80 bits per heavy atom. The minimum atomic E-state index is -3.99. The molecule has 0 aliphatic rings. The summed E-state index contributed by atoms with van der Waals surface area (Å²) >= 11 is 0. The second-order valence-electron chi connectivity index (χ2n) is 5.21. The van der Waals surface area contributed by atoms with Gasteiger partial charge in [-0.1, -0.05) is 12.1 Å². The molecule has 0 radical (unpaired) electrons. The number of nitrogens with one attached hydrogen (secondary N) is 1. The van der Waals surface area contributed by atoms with E-state index in [4.69, 9.17) is 5.14 Å². The van der Waals surface area contributed by atoms with E-state index in [1.807, 2.05) is 6.07 Å². The average Bonchev–Trinajstić information content (AvgIpc) is 3.14. The predicted octanol–water partition coefficient (Wildman–Crippen LogP) is 1.12. The Balaban J connectivity index is 2.12. The highest BCUT2D eigenvalue weighted by molar-refractivity contribution is 7.89. The molecule has 4 aromatic rings. The van der Waals surface area contributed by atoms with Gasteiger partial charge in [-0.05, 0) is 45.8 Å². The van der Waals surface area contributed by atoms with Gasteiger partial charge in [0, 0.05) is 23.3 Å². The van der Waals surface area contributed by atoms with Gasteiger partial charge in [0.1, 0.15) is 0 Å². The molecule has 0 atom stereocenters. The number of fused-ring (bicyclic) bond motifs is 1. The molecule has 3 aromatic heterocycles. The van der Waals surface area contributed by atoms with Crippen molar-refractivity contribution in [2.24, 2.45) is 5.14 Å². The predicted molar refractivity (Wildman–Crippen MR) is 89.5 cm³/mol. The number of aromatic amines is 1. The Morgan fingerprint density at radius 3 is 2.56 bits per heavy atom. The molecule has 0 fully saturated rings. The molecule has 10 heteroatoms. The van der Waals surface area contributed by atoms with Gasteiger partial charge in [-0.15, -0.1) is 5.10 Å². The number of rotatable bonds is 3. The second kappa shape index (κ2) is 5.69. The molecule has 0 spiro atoms. The fraction of sp³-hybridized carbons (Fsp3) is 0. The fourth-order valence-electron chi connectivity index (χ4n) is 2.72. The average molecular weight is 353 g/mol. The van der Waals surface area contributed by atoms with Crippen molar-refractivity contribution in [1.82, 2.24) is 30.6 Å². The fourth-order valence-corrected chi connectivity index (χ4v) is 3.48. The number of pyridine rings is 2. The van der Waals surface area contributed by atoms with Crippen LogP contribution >= 0.6 is 0 Å². The lowest BCUT2D eigenvalue weighted by molar-refractivity contribution is 0.598. The van der Waals surface area contributed by atoms with Crippen molar-refractivity contribution in [3.63, 3.8) is 0 Å². The number of nitrogens with two attached hydrogens (primary N) is 1. The molecule has 3 N–H and O–H groups in total. The number of primary sulfonamides is 1. The summed E-state index contributed by atoms with van der Waals surface area (Å²) in [5.41, 5.74) is 2.19. The first-order valence-electron chi connectivity index (χ1n) is 7.16. The van der Waals surface area contributed by atoms with Crippen molar-refractivity contribution in [3.05, 3.63) is 48.8 Å². The van der Waals surface area contributed by atoms with Gasteiger partial charge in [-0.25, -0.2) is 28.6 Å². The molecule has 1 aromatic carbocycles. The number of H-pyrrole nitrogens is 1. The largest absolute Gasteiger partial charge is 0.239 e. The van der Waals surface area contributed by atoms with E-state index in [1.54, 1.807) is 36.7 Å². The zero-order chi connectivity index (χ0) is 17.4. The van der Waals surface area contributed by atoms with Crippen LogP contribution in [0, 0.1) is 0 Å². The van der Waals surface area contributed by atoms with E-state index in [0.717, 1.165) is 10.9 Å². The van der Waals surface area contributed by atoms with E-state index < -0.39 is 10.0 Å². The van der Waals surface area contributed by atoms with Crippen LogP contribution < -0.4 is 5.14 Å². The Labute approximate surface area is 142 Å².